The van der Waals surface area contributed by atoms with Crippen LogP contribution in [-0.2, 0) is 11.3 Å². The number of hydrogen-bond donors (Lipinski definition) is 1. The number of carbonyl (C=O) groups excluding carboxylic acids is 1. The van der Waals surface area contributed by atoms with Crippen LogP contribution in [0.4, 0.5) is 4.39 Å². The number of ether oxygens (including phenoxy) is 1. The molecule has 4 heteroatoms. The molecule has 0 aliphatic carbocycles. The lowest BCUT2D eigenvalue weighted by molar-refractivity contribution is -0.128. The standard InChI is InChI=1S/C18H20FNO2/c1-3-16(22-17-10-5-4-9-15(17)19)18(21)20-12-14-8-6-7-13(2)11-14/h4-11,16H,3,12H2,1-2H3,(H,20,21)/t16-/m1/s1. The minimum Gasteiger partial charge on any atom is -0.478 e. The number of carbonyl (C=O) groups is 1. The Morgan fingerprint density at radius 1 is 1.23 bits per heavy atom. The van der Waals surface area contributed by atoms with E-state index in [9.17, 15) is 9.18 Å². The SMILES string of the molecule is CC[C@@H](Oc1ccccc1F)C(=O)NCc1cccc(C)c1. The van der Waals surface area contributed by atoms with E-state index >= 15 is 0 Å². The van der Waals surface area contributed by atoms with E-state index in [1.165, 1.54) is 12.1 Å². The molecule has 2 aromatic carbocycles. The predicted octanol–water partition coefficient (Wildman–Crippen LogP) is 3.61. The van der Waals surface area contributed by atoms with E-state index in [-0.39, 0.29) is 11.7 Å². The van der Waals surface area contributed by atoms with E-state index in [1.807, 2.05) is 38.1 Å². The number of amides is 1. The lowest BCUT2D eigenvalue weighted by Crippen LogP contribution is -2.37. The van der Waals surface area contributed by atoms with Crippen molar-refractivity contribution in [1.82, 2.24) is 5.32 Å². The van der Waals surface area contributed by atoms with Crippen LogP contribution in [0.15, 0.2) is 48.5 Å². The lowest BCUT2D eigenvalue weighted by atomic mass is 10.1. The molecular weight excluding hydrogens is 281 g/mol. The molecule has 0 spiro atoms. The summed E-state index contributed by atoms with van der Waals surface area (Å²) in [6.45, 7) is 4.26. The third kappa shape index (κ3) is 4.32. The molecular formula is C18H20FNO2. The quantitative estimate of drug-likeness (QED) is 0.885. The van der Waals surface area contributed by atoms with E-state index in [0.717, 1.165) is 11.1 Å². The van der Waals surface area contributed by atoms with Crippen LogP contribution in [0.3, 0.4) is 0 Å². The predicted molar refractivity (Wildman–Crippen MR) is 84.1 cm³/mol. The fraction of sp³-hybridized carbons (Fsp3) is 0.278. The zero-order valence-electron chi connectivity index (χ0n) is 12.8. The van der Waals surface area contributed by atoms with Gasteiger partial charge in [0.05, 0.1) is 0 Å². The first-order valence-corrected chi connectivity index (χ1v) is 7.34. The fourth-order valence-corrected chi connectivity index (χ4v) is 2.14. The van der Waals surface area contributed by atoms with Crippen molar-refractivity contribution >= 4 is 5.91 Å². The normalized spacial score (nSPS) is 11.8. The van der Waals surface area contributed by atoms with Gasteiger partial charge in [0.1, 0.15) is 0 Å². The van der Waals surface area contributed by atoms with Crippen LogP contribution in [0, 0.1) is 12.7 Å². The second-order valence-electron chi connectivity index (χ2n) is 5.15. The number of rotatable bonds is 6. The highest BCUT2D eigenvalue weighted by Gasteiger charge is 2.19. The molecule has 2 rings (SSSR count). The molecule has 0 saturated carbocycles. The Balaban J connectivity index is 1.96. The van der Waals surface area contributed by atoms with Crippen LogP contribution in [0.2, 0.25) is 0 Å². The highest BCUT2D eigenvalue weighted by atomic mass is 19.1. The van der Waals surface area contributed by atoms with Crippen molar-refractivity contribution in [3.05, 3.63) is 65.5 Å². The topological polar surface area (TPSA) is 38.3 Å². The van der Waals surface area contributed by atoms with Gasteiger partial charge in [-0.1, -0.05) is 48.9 Å². The maximum Gasteiger partial charge on any atom is 0.261 e. The molecule has 3 nitrogen and oxygen atoms in total. The van der Waals surface area contributed by atoms with Crippen LogP contribution < -0.4 is 10.1 Å². The van der Waals surface area contributed by atoms with Crippen molar-refractivity contribution in [2.75, 3.05) is 0 Å². The minimum atomic E-state index is -0.707. The van der Waals surface area contributed by atoms with Crippen molar-refractivity contribution in [2.45, 2.75) is 32.9 Å². The van der Waals surface area contributed by atoms with Crippen LogP contribution >= 0.6 is 0 Å². The van der Waals surface area contributed by atoms with Crippen molar-refractivity contribution < 1.29 is 13.9 Å². The Labute approximate surface area is 130 Å². The third-order valence-electron chi connectivity index (χ3n) is 3.32. The van der Waals surface area contributed by atoms with Crippen molar-refractivity contribution in [2.24, 2.45) is 0 Å². The number of halogens is 1. The average Bonchev–Trinajstić information content (AvgIpc) is 2.52. The molecule has 0 aromatic heterocycles. The fourth-order valence-electron chi connectivity index (χ4n) is 2.14. The number of nitrogens with one attached hydrogen (secondary N) is 1. The molecule has 0 bridgehead atoms. The Bertz CT molecular complexity index is 642. The lowest BCUT2D eigenvalue weighted by Gasteiger charge is -2.17. The monoisotopic (exact) mass is 301 g/mol. The molecule has 116 valence electrons. The van der Waals surface area contributed by atoms with Gasteiger partial charge in [0.2, 0.25) is 0 Å². The molecule has 0 saturated heterocycles. The summed E-state index contributed by atoms with van der Waals surface area (Å²) in [5.41, 5.74) is 2.16. The average molecular weight is 301 g/mol. The highest BCUT2D eigenvalue weighted by molar-refractivity contribution is 5.81. The number of benzene rings is 2. The number of aryl methyl sites for hydroxylation is 1. The van der Waals surface area contributed by atoms with Gasteiger partial charge in [0.25, 0.3) is 5.91 Å². The summed E-state index contributed by atoms with van der Waals surface area (Å²) >= 11 is 0. The minimum absolute atomic E-state index is 0.0973. The highest BCUT2D eigenvalue weighted by Crippen LogP contribution is 2.18. The smallest absolute Gasteiger partial charge is 0.261 e. The van der Waals surface area contributed by atoms with Gasteiger partial charge in [-0.25, -0.2) is 4.39 Å². The second-order valence-corrected chi connectivity index (χ2v) is 5.15. The maximum atomic E-state index is 13.6. The molecule has 0 radical (unpaired) electrons. The second kappa shape index (κ2) is 7.59. The molecule has 22 heavy (non-hydrogen) atoms. The van der Waals surface area contributed by atoms with Crippen LogP contribution in [0.1, 0.15) is 24.5 Å². The van der Waals surface area contributed by atoms with Crippen LogP contribution in [0.25, 0.3) is 0 Å². The van der Waals surface area contributed by atoms with E-state index in [1.54, 1.807) is 12.1 Å². The summed E-state index contributed by atoms with van der Waals surface area (Å²) in [7, 11) is 0. The molecule has 0 fully saturated rings. The molecule has 0 unspecified atom stereocenters. The van der Waals surface area contributed by atoms with E-state index in [2.05, 4.69) is 5.32 Å². The first-order chi connectivity index (χ1) is 10.6. The zero-order valence-corrected chi connectivity index (χ0v) is 12.8. The summed E-state index contributed by atoms with van der Waals surface area (Å²) in [6.07, 6.45) is -0.240. The van der Waals surface area contributed by atoms with Gasteiger partial charge >= 0.3 is 0 Å². The number of para-hydroxylation sites is 1. The van der Waals surface area contributed by atoms with E-state index < -0.39 is 11.9 Å². The Kier molecular flexibility index (Phi) is 5.53. The first kappa shape index (κ1) is 16.0. The van der Waals surface area contributed by atoms with Gasteiger partial charge in [-0.3, -0.25) is 4.79 Å². The number of hydrogen-bond acceptors (Lipinski definition) is 2. The summed E-state index contributed by atoms with van der Waals surface area (Å²) in [4.78, 5) is 12.2. The van der Waals surface area contributed by atoms with Crippen molar-refractivity contribution in [3.63, 3.8) is 0 Å². The third-order valence-corrected chi connectivity index (χ3v) is 3.32. The van der Waals surface area contributed by atoms with Crippen molar-refractivity contribution in [3.8, 4) is 5.75 Å². The Morgan fingerprint density at radius 3 is 2.68 bits per heavy atom. The molecule has 0 aliphatic heterocycles. The summed E-state index contributed by atoms with van der Waals surface area (Å²) in [6, 6.07) is 14.0. The largest absolute Gasteiger partial charge is 0.478 e. The Morgan fingerprint density at radius 2 is 2.00 bits per heavy atom. The molecule has 2 aromatic rings. The van der Waals surface area contributed by atoms with Gasteiger partial charge in [-0.15, -0.1) is 0 Å². The van der Waals surface area contributed by atoms with Gasteiger partial charge < -0.3 is 10.1 Å². The molecule has 1 atom stereocenters. The summed E-state index contributed by atoms with van der Waals surface area (Å²) in [5.74, 6) is -0.611. The van der Waals surface area contributed by atoms with E-state index in [0.29, 0.717) is 13.0 Å². The van der Waals surface area contributed by atoms with E-state index in [4.69, 9.17) is 4.74 Å². The van der Waals surface area contributed by atoms with Gasteiger partial charge in [0, 0.05) is 6.54 Å². The summed E-state index contributed by atoms with van der Waals surface area (Å²) < 4.78 is 19.1. The van der Waals surface area contributed by atoms with Crippen LogP contribution in [0.5, 0.6) is 5.75 Å². The molecule has 0 aliphatic rings. The Hall–Kier alpha value is -2.36. The zero-order chi connectivity index (χ0) is 15.9. The maximum absolute atomic E-state index is 13.6. The first-order valence-electron chi connectivity index (χ1n) is 7.34. The van der Waals surface area contributed by atoms with Crippen LogP contribution in [-0.4, -0.2) is 12.0 Å². The molecule has 1 amide bonds. The van der Waals surface area contributed by atoms with Gasteiger partial charge in [-0.2, -0.15) is 0 Å². The molecule has 1 N–H and O–H groups in total. The summed E-state index contributed by atoms with van der Waals surface area (Å²) in [5, 5.41) is 2.83. The van der Waals surface area contributed by atoms with Crippen molar-refractivity contribution in [1.29, 1.82) is 0 Å². The van der Waals surface area contributed by atoms with Gasteiger partial charge in [0.15, 0.2) is 17.7 Å². The molecule has 0 heterocycles. The van der Waals surface area contributed by atoms with Gasteiger partial charge in [-0.05, 0) is 31.0 Å².